The highest BCUT2D eigenvalue weighted by Crippen LogP contribution is 2.41. The maximum absolute atomic E-state index is 9.69. The van der Waals surface area contributed by atoms with E-state index < -0.39 is 25.5 Å². The fraction of sp³-hybridized carbons (Fsp3) is 0.0847. The summed E-state index contributed by atoms with van der Waals surface area (Å²) >= 11 is 0. The van der Waals surface area contributed by atoms with E-state index in [1.807, 2.05) is 92.0 Å². The topological polar surface area (TPSA) is 56.0 Å². The normalized spacial score (nSPS) is 14.5. The summed E-state index contributed by atoms with van der Waals surface area (Å²) in [7, 11) is 0. The molecule has 0 amide bonds. The predicted octanol–water partition coefficient (Wildman–Crippen LogP) is 14.1. The predicted molar refractivity (Wildman–Crippen MR) is 264 cm³/mol. The number of rotatable bonds is 10. The van der Waals surface area contributed by atoms with E-state index in [-0.39, 0.29) is 22.3 Å². The molecule has 0 saturated heterocycles. The lowest BCUT2D eigenvalue weighted by molar-refractivity contribution is 0.931. The highest BCUT2D eigenvalue weighted by molar-refractivity contribution is 6.24. The van der Waals surface area contributed by atoms with E-state index in [4.69, 9.17) is 9.97 Å². The van der Waals surface area contributed by atoms with Gasteiger partial charge in [-0.3, -0.25) is 19.4 Å². The standard InChI is InChI=1S/C59H43N5/c1-38-57-51-13-5-4-12-49(51)52-30-33-62-56-50-29-28-45(37-53(50)59(63-38)64(57)58(52)56)47-10-2-3-11-48(47)46-35-41(18-16-39-20-24-43(25-21-39)54-14-6-8-31-60-54)34-42(36-46)19-17-40-22-26-44(27-23-40)55-15-7-9-32-61-55/h2-15,20-37H,16-19H2,1H3/i16D2,17D2,18D2,19D2. The molecular weight excluding hydrogens is 779 g/mol. The van der Waals surface area contributed by atoms with E-state index >= 15 is 0 Å². The molecule has 64 heavy (non-hydrogen) atoms. The molecule has 5 heteroatoms. The summed E-state index contributed by atoms with van der Waals surface area (Å²) in [5, 5.41) is 5.10. The summed E-state index contributed by atoms with van der Waals surface area (Å²) in [6.07, 6.45) is -5.65. The third-order valence-electron chi connectivity index (χ3n) is 12.1. The maximum atomic E-state index is 9.69. The number of benzene rings is 6. The van der Waals surface area contributed by atoms with Crippen LogP contribution in [-0.2, 0) is 25.5 Å². The molecule has 0 aliphatic heterocycles. The summed E-state index contributed by atoms with van der Waals surface area (Å²) in [6, 6.07) is 52.6. The molecule has 0 fully saturated rings. The Bertz CT molecular complexity index is 3920. The van der Waals surface area contributed by atoms with Gasteiger partial charge in [0.1, 0.15) is 5.65 Å². The Kier molecular flexibility index (Phi) is 7.39. The maximum Gasteiger partial charge on any atom is 0.146 e. The van der Waals surface area contributed by atoms with Gasteiger partial charge < -0.3 is 0 Å². The first-order chi connectivity index (χ1) is 34.6. The first-order valence-corrected chi connectivity index (χ1v) is 21.3. The Morgan fingerprint density at radius 1 is 0.406 bits per heavy atom. The van der Waals surface area contributed by atoms with E-state index in [1.165, 1.54) is 6.07 Å². The molecule has 0 spiro atoms. The molecule has 0 aliphatic carbocycles. The number of pyridine rings is 5. The van der Waals surface area contributed by atoms with Gasteiger partial charge in [-0.15, -0.1) is 0 Å². The van der Waals surface area contributed by atoms with Crippen LogP contribution in [0.2, 0.25) is 0 Å². The Hall–Kier alpha value is -8.02. The summed E-state index contributed by atoms with van der Waals surface area (Å²) in [4.78, 5) is 19.0. The van der Waals surface area contributed by atoms with E-state index in [1.54, 1.807) is 73.1 Å². The summed E-state index contributed by atoms with van der Waals surface area (Å²) in [5.74, 6) is 0. The number of hydrogen-bond acceptors (Lipinski definition) is 4. The van der Waals surface area contributed by atoms with Crippen molar-refractivity contribution in [3.05, 3.63) is 222 Å². The fourth-order valence-corrected chi connectivity index (χ4v) is 9.08. The van der Waals surface area contributed by atoms with Gasteiger partial charge in [-0.2, -0.15) is 0 Å². The van der Waals surface area contributed by atoms with Crippen molar-refractivity contribution in [2.75, 3.05) is 0 Å². The number of aromatic nitrogens is 5. The van der Waals surface area contributed by atoms with Crippen LogP contribution in [0, 0.1) is 6.92 Å². The van der Waals surface area contributed by atoms with Crippen LogP contribution in [-0.4, -0.2) is 24.3 Å². The summed E-state index contributed by atoms with van der Waals surface area (Å²) < 4.78 is 78.9. The molecule has 5 nitrogen and oxygen atoms in total. The van der Waals surface area contributed by atoms with Crippen LogP contribution in [0.3, 0.4) is 0 Å². The van der Waals surface area contributed by atoms with Gasteiger partial charge in [0.2, 0.25) is 0 Å². The number of hydrogen-bond donors (Lipinski definition) is 0. The van der Waals surface area contributed by atoms with Crippen molar-refractivity contribution in [2.24, 2.45) is 0 Å². The molecule has 0 unspecified atom stereocenters. The van der Waals surface area contributed by atoms with Crippen LogP contribution in [0.15, 0.2) is 195 Å². The van der Waals surface area contributed by atoms with Crippen molar-refractivity contribution in [3.63, 3.8) is 0 Å². The lowest BCUT2D eigenvalue weighted by Crippen LogP contribution is -1.98. The molecule has 0 bridgehead atoms. The quantitative estimate of drug-likeness (QED) is 0.102. The first-order valence-electron chi connectivity index (χ1n) is 25.3. The van der Waals surface area contributed by atoms with E-state index in [0.717, 1.165) is 77.1 Å². The van der Waals surface area contributed by atoms with Crippen molar-refractivity contribution < 1.29 is 11.0 Å². The van der Waals surface area contributed by atoms with Gasteiger partial charge in [0.15, 0.2) is 0 Å². The van der Waals surface area contributed by atoms with Crippen LogP contribution < -0.4 is 0 Å². The molecular formula is C59H43N5. The van der Waals surface area contributed by atoms with Crippen molar-refractivity contribution in [2.45, 2.75) is 32.4 Å². The monoisotopic (exact) mass is 829 g/mol. The Morgan fingerprint density at radius 3 is 1.58 bits per heavy atom. The Balaban J connectivity index is 1.03. The second kappa shape index (κ2) is 15.7. The highest BCUT2D eigenvalue weighted by atomic mass is 15.0. The molecule has 6 aromatic carbocycles. The van der Waals surface area contributed by atoms with Crippen LogP contribution in [0.1, 0.15) is 38.9 Å². The fourth-order valence-electron chi connectivity index (χ4n) is 9.08. The largest absolute Gasteiger partial charge is 0.289 e. The zero-order valence-electron chi connectivity index (χ0n) is 42.7. The van der Waals surface area contributed by atoms with E-state index in [9.17, 15) is 11.0 Å². The van der Waals surface area contributed by atoms with Crippen molar-refractivity contribution in [3.8, 4) is 44.8 Å². The first kappa shape index (κ1) is 30.1. The summed E-state index contributed by atoms with van der Waals surface area (Å²) in [6.45, 7) is 2.03. The molecule has 0 N–H and O–H groups in total. The number of fused-ring (bicyclic) bond motifs is 6. The minimum absolute atomic E-state index is 0.0722. The smallest absolute Gasteiger partial charge is 0.146 e. The van der Waals surface area contributed by atoms with Crippen molar-refractivity contribution >= 4 is 49.1 Å². The molecule has 0 aliphatic rings. The molecule has 0 saturated carbocycles. The summed E-state index contributed by atoms with van der Waals surface area (Å²) in [5.41, 5.74) is 9.73. The minimum atomic E-state index is -2.77. The van der Waals surface area contributed by atoms with Crippen molar-refractivity contribution in [1.82, 2.24) is 24.3 Å². The van der Waals surface area contributed by atoms with Gasteiger partial charge in [-0.05, 0) is 119 Å². The van der Waals surface area contributed by atoms with Gasteiger partial charge in [0, 0.05) is 62.2 Å². The lowest BCUT2D eigenvalue weighted by Gasteiger charge is -2.16. The molecule has 6 aromatic heterocycles. The zero-order valence-corrected chi connectivity index (χ0v) is 34.7. The molecule has 6 heterocycles. The second-order valence-corrected chi connectivity index (χ2v) is 16.0. The Labute approximate surface area is 383 Å². The highest BCUT2D eigenvalue weighted by Gasteiger charge is 2.21. The number of aryl methyl sites for hydroxylation is 5. The number of nitrogens with zero attached hydrogens (tertiary/aromatic N) is 5. The Morgan fingerprint density at radius 2 is 0.953 bits per heavy atom. The average molecular weight is 830 g/mol. The van der Waals surface area contributed by atoms with Crippen LogP contribution in [0.25, 0.3) is 93.9 Å². The van der Waals surface area contributed by atoms with Gasteiger partial charge >= 0.3 is 0 Å². The molecule has 12 rings (SSSR count). The SMILES string of the molecule is [2H]C([2H])(c1ccc(-c2ccccn2)cc1)C([2H])([2H])c1cc(-c2ccccc2-c2ccc3c(c2)c2nc(C)c4c5ccccc5c5ccnc3c5n24)cc(C([2H])([2H])C([2H])([2H])c2ccc(-c3ccccn3)cc2)c1. The van der Waals surface area contributed by atoms with Gasteiger partial charge in [0.05, 0.1) is 33.6 Å². The average Bonchev–Trinajstić information content (AvgIpc) is 3.78. The van der Waals surface area contributed by atoms with Gasteiger partial charge in [-0.1, -0.05) is 140 Å². The molecule has 0 radical (unpaired) electrons. The van der Waals surface area contributed by atoms with Gasteiger partial charge in [-0.25, -0.2) is 4.98 Å². The second-order valence-electron chi connectivity index (χ2n) is 16.0. The minimum Gasteiger partial charge on any atom is -0.289 e. The molecule has 12 aromatic rings. The lowest BCUT2D eigenvalue weighted by atomic mass is 9.89. The molecule has 0 atom stereocenters. The molecule has 304 valence electrons. The van der Waals surface area contributed by atoms with E-state index in [0.29, 0.717) is 22.5 Å². The number of imidazole rings is 1. The van der Waals surface area contributed by atoms with Gasteiger partial charge in [0.25, 0.3) is 0 Å². The van der Waals surface area contributed by atoms with Crippen molar-refractivity contribution in [1.29, 1.82) is 0 Å². The van der Waals surface area contributed by atoms with Crippen LogP contribution in [0.4, 0.5) is 0 Å². The zero-order chi connectivity index (χ0) is 49.7. The third-order valence-corrected chi connectivity index (χ3v) is 12.1. The van der Waals surface area contributed by atoms with Crippen LogP contribution in [0.5, 0.6) is 0 Å². The van der Waals surface area contributed by atoms with Crippen LogP contribution >= 0.6 is 0 Å². The van der Waals surface area contributed by atoms with E-state index in [2.05, 4.69) is 44.7 Å². The third kappa shape index (κ3) is 6.65.